The topological polar surface area (TPSA) is 12.9 Å². The highest BCUT2D eigenvalue weighted by atomic mass is 14.7. The maximum absolute atomic E-state index is 4.18. The second kappa shape index (κ2) is 3.40. The van der Waals surface area contributed by atoms with Crippen LogP contribution in [0.15, 0.2) is 18.3 Å². The summed E-state index contributed by atoms with van der Waals surface area (Å²) in [5.74, 6) is 0. The molecule has 1 nitrogen and oxygen atoms in total. The average Bonchev–Trinajstić information content (AvgIpc) is 1.94. The molecule has 0 N–H and O–H groups in total. The molecule has 51 valence electrons. The molecule has 1 aromatic heterocycles. The number of hydrogen-bond acceptors (Lipinski definition) is 1. The Labute approximate surface area is 62.7 Å². The van der Waals surface area contributed by atoms with Crippen LogP contribution >= 0.6 is 0 Å². The molecular formula is C8H11BN. The zero-order chi connectivity index (χ0) is 7.40. The van der Waals surface area contributed by atoms with E-state index in [1.807, 2.05) is 19.2 Å². The van der Waals surface area contributed by atoms with Gasteiger partial charge in [-0.15, -0.1) is 0 Å². The Morgan fingerprint density at radius 1 is 1.60 bits per heavy atom. The summed E-state index contributed by atoms with van der Waals surface area (Å²) in [5, 5.41) is 0. The highest BCUT2D eigenvalue weighted by Gasteiger charge is 1.94. The van der Waals surface area contributed by atoms with Crippen LogP contribution in [0.5, 0.6) is 0 Å². The van der Waals surface area contributed by atoms with E-state index < -0.39 is 0 Å². The molecule has 0 bridgehead atoms. The molecule has 10 heavy (non-hydrogen) atoms. The van der Waals surface area contributed by atoms with E-state index in [0.717, 1.165) is 12.0 Å². The molecular weight excluding hydrogens is 121 g/mol. The third-order valence-corrected chi connectivity index (χ3v) is 1.54. The Balaban J connectivity index is 2.81. The average molecular weight is 132 g/mol. The zero-order valence-electron chi connectivity index (χ0n) is 6.46. The van der Waals surface area contributed by atoms with Gasteiger partial charge in [-0.2, -0.15) is 0 Å². The Morgan fingerprint density at radius 2 is 2.40 bits per heavy atom. The molecule has 0 saturated heterocycles. The van der Waals surface area contributed by atoms with Crippen molar-refractivity contribution in [2.24, 2.45) is 0 Å². The van der Waals surface area contributed by atoms with Crippen molar-refractivity contribution in [3.63, 3.8) is 0 Å². The number of aromatic nitrogens is 1. The van der Waals surface area contributed by atoms with Crippen LogP contribution in [-0.2, 0) is 6.32 Å². The molecule has 1 aromatic rings. The van der Waals surface area contributed by atoms with Gasteiger partial charge >= 0.3 is 0 Å². The molecule has 1 heterocycles. The van der Waals surface area contributed by atoms with E-state index in [0.29, 0.717) is 0 Å². The molecule has 0 aliphatic heterocycles. The number of aryl methyl sites for hydroxylation is 1. The van der Waals surface area contributed by atoms with Crippen LogP contribution in [0, 0.1) is 6.92 Å². The van der Waals surface area contributed by atoms with Crippen LogP contribution in [-0.4, -0.2) is 12.3 Å². The fraction of sp³-hybridized carbons (Fsp3) is 0.375. The Hall–Kier alpha value is -0.785. The van der Waals surface area contributed by atoms with Gasteiger partial charge in [0.25, 0.3) is 0 Å². The second-order valence-corrected chi connectivity index (χ2v) is 2.36. The monoisotopic (exact) mass is 132 g/mol. The van der Waals surface area contributed by atoms with Crippen molar-refractivity contribution < 1.29 is 0 Å². The Bertz CT molecular complexity index is 210. The number of pyridine rings is 1. The number of nitrogens with zero attached hydrogens (tertiary/aromatic N) is 1. The molecule has 2 heteroatoms. The van der Waals surface area contributed by atoms with Crippen LogP contribution in [0.2, 0.25) is 6.82 Å². The molecule has 0 spiro atoms. The second-order valence-electron chi connectivity index (χ2n) is 2.36. The minimum atomic E-state index is 1.03. The number of rotatable bonds is 2. The third-order valence-electron chi connectivity index (χ3n) is 1.54. The van der Waals surface area contributed by atoms with E-state index in [-0.39, 0.29) is 0 Å². The lowest BCUT2D eigenvalue weighted by Gasteiger charge is -1.99. The van der Waals surface area contributed by atoms with Gasteiger partial charge in [-0.1, -0.05) is 19.2 Å². The summed E-state index contributed by atoms with van der Waals surface area (Å²) in [5.41, 5.74) is 2.46. The third kappa shape index (κ3) is 1.60. The fourth-order valence-electron chi connectivity index (χ4n) is 0.953. The van der Waals surface area contributed by atoms with Crippen molar-refractivity contribution in [3.8, 4) is 0 Å². The standard InChI is InChI=1S/C8H11BN/c1-7-8(6-9-2)4-3-5-10-7/h3-5H,6H2,1-2H3. The van der Waals surface area contributed by atoms with Gasteiger partial charge in [0.1, 0.15) is 7.28 Å². The summed E-state index contributed by atoms with van der Waals surface area (Å²) < 4.78 is 0. The summed E-state index contributed by atoms with van der Waals surface area (Å²) >= 11 is 0. The lowest BCUT2D eigenvalue weighted by Crippen LogP contribution is -1.95. The summed E-state index contributed by atoms with van der Waals surface area (Å²) in [6.45, 7) is 4.10. The van der Waals surface area contributed by atoms with Crippen LogP contribution < -0.4 is 0 Å². The van der Waals surface area contributed by atoms with Crippen LogP contribution in [0.4, 0.5) is 0 Å². The first-order valence-electron chi connectivity index (χ1n) is 3.53. The summed E-state index contributed by atoms with van der Waals surface area (Å²) in [4.78, 5) is 4.18. The van der Waals surface area contributed by atoms with Crippen molar-refractivity contribution in [2.75, 3.05) is 0 Å². The van der Waals surface area contributed by atoms with Gasteiger partial charge < -0.3 is 0 Å². The molecule has 0 fully saturated rings. The SMILES string of the molecule is C[B]Cc1cccnc1C. The predicted octanol–water partition coefficient (Wildman–Crippen LogP) is 1.64. The minimum Gasteiger partial charge on any atom is -0.261 e. The minimum absolute atomic E-state index is 1.03. The van der Waals surface area contributed by atoms with Gasteiger partial charge in [0.2, 0.25) is 0 Å². The molecule has 0 unspecified atom stereocenters. The molecule has 0 saturated carbocycles. The van der Waals surface area contributed by atoms with Crippen molar-refractivity contribution in [1.29, 1.82) is 0 Å². The van der Waals surface area contributed by atoms with Gasteiger partial charge in [0, 0.05) is 11.9 Å². The Morgan fingerprint density at radius 3 is 3.00 bits per heavy atom. The molecule has 1 radical (unpaired) electrons. The normalized spacial score (nSPS) is 9.40. The van der Waals surface area contributed by atoms with E-state index in [1.165, 1.54) is 5.56 Å². The van der Waals surface area contributed by atoms with Crippen molar-refractivity contribution in [1.82, 2.24) is 4.98 Å². The highest BCUT2D eigenvalue weighted by molar-refractivity contribution is 6.32. The van der Waals surface area contributed by atoms with Crippen molar-refractivity contribution >= 4 is 7.28 Å². The lowest BCUT2D eigenvalue weighted by molar-refractivity contribution is 1.13. The van der Waals surface area contributed by atoms with Gasteiger partial charge in [0.15, 0.2) is 0 Å². The van der Waals surface area contributed by atoms with Crippen LogP contribution in [0.25, 0.3) is 0 Å². The molecule has 0 aliphatic carbocycles. The predicted molar refractivity (Wildman–Crippen MR) is 44.3 cm³/mol. The van der Waals surface area contributed by atoms with E-state index in [4.69, 9.17) is 0 Å². The Kier molecular flexibility index (Phi) is 2.49. The fourth-order valence-corrected chi connectivity index (χ4v) is 0.953. The largest absolute Gasteiger partial charge is 0.261 e. The van der Waals surface area contributed by atoms with E-state index in [2.05, 4.69) is 25.2 Å². The summed E-state index contributed by atoms with van der Waals surface area (Å²) in [6.07, 6.45) is 2.86. The summed E-state index contributed by atoms with van der Waals surface area (Å²) in [7, 11) is 2.14. The smallest absolute Gasteiger partial charge is 0.111 e. The quantitative estimate of drug-likeness (QED) is 0.557. The van der Waals surface area contributed by atoms with Crippen molar-refractivity contribution in [3.05, 3.63) is 29.6 Å². The van der Waals surface area contributed by atoms with Crippen LogP contribution in [0.3, 0.4) is 0 Å². The first-order chi connectivity index (χ1) is 4.84. The first kappa shape index (κ1) is 7.32. The van der Waals surface area contributed by atoms with Gasteiger partial charge in [-0.3, -0.25) is 4.98 Å². The maximum atomic E-state index is 4.18. The van der Waals surface area contributed by atoms with Crippen molar-refractivity contribution in [2.45, 2.75) is 20.1 Å². The van der Waals surface area contributed by atoms with Gasteiger partial charge in [-0.25, -0.2) is 0 Å². The highest BCUT2D eigenvalue weighted by Crippen LogP contribution is 2.02. The molecule has 0 atom stereocenters. The van der Waals surface area contributed by atoms with Gasteiger partial charge in [-0.05, 0) is 18.6 Å². The van der Waals surface area contributed by atoms with E-state index in [1.54, 1.807) is 0 Å². The summed E-state index contributed by atoms with van der Waals surface area (Å²) in [6, 6.07) is 4.09. The first-order valence-corrected chi connectivity index (χ1v) is 3.53. The van der Waals surface area contributed by atoms with Crippen LogP contribution in [0.1, 0.15) is 11.3 Å². The molecule has 0 aliphatic rings. The molecule has 1 rings (SSSR count). The van der Waals surface area contributed by atoms with E-state index in [9.17, 15) is 0 Å². The lowest BCUT2D eigenvalue weighted by atomic mass is 9.75. The maximum Gasteiger partial charge on any atom is 0.111 e. The number of hydrogen-bond donors (Lipinski definition) is 0. The molecule has 0 aromatic carbocycles. The van der Waals surface area contributed by atoms with Gasteiger partial charge in [0.05, 0.1) is 0 Å². The van der Waals surface area contributed by atoms with E-state index >= 15 is 0 Å². The molecule has 0 amide bonds. The zero-order valence-corrected chi connectivity index (χ0v) is 6.46.